The monoisotopic (exact) mass is 298 g/mol. The molecule has 0 saturated heterocycles. The van der Waals surface area contributed by atoms with E-state index in [1.165, 1.54) is 0 Å². The van der Waals surface area contributed by atoms with E-state index < -0.39 is 0 Å². The van der Waals surface area contributed by atoms with Crippen LogP contribution in [0.1, 0.15) is 27.7 Å². The quantitative estimate of drug-likeness (QED) is 0.637. The molecule has 0 aliphatic rings. The zero-order valence-corrected chi connectivity index (χ0v) is 13.7. The fraction of sp³-hybridized carbons (Fsp3) is 0.368. The van der Waals surface area contributed by atoms with Crippen LogP contribution in [0.5, 0.6) is 0 Å². The highest BCUT2D eigenvalue weighted by molar-refractivity contribution is 5.68. The Morgan fingerprint density at radius 2 is 1.73 bits per heavy atom. The molecule has 0 fully saturated rings. The van der Waals surface area contributed by atoms with Gasteiger partial charge in [0, 0.05) is 11.6 Å². The topological polar surface area (TPSA) is 30.2 Å². The van der Waals surface area contributed by atoms with Crippen LogP contribution in [0.25, 0.3) is 11.1 Å². The number of esters is 1. The van der Waals surface area contributed by atoms with Gasteiger partial charge in [-0.3, -0.25) is 0 Å². The third-order valence-electron chi connectivity index (χ3n) is 3.80. The fourth-order valence-electron chi connectivity index (χ4n) is 1.98. The molecule has 1 heterocycles. The van der Waals surface area contributed by atoms with E-state index in [0.29, 0.717) is 0 Å². The normalized spacial score (nSPS) is 12.7. The van der Waals surface area contributed by atoms with E-state index in [1.807, 2.05) is 54.2 Å². The smallest absolute Gasteiger partial charge is 0.372 e. The van der Waals surface area contributed by atoms with Crippen molar-refractivity contribution in [3.63, 3.8) is 0 Å². The summed E-state index contributed by atoms with van der Waals surface area (Å²) in [7, 11) is 0. The molecule has 0 unspecified atom stereocenters. The van der Waals surface area contributed by atoms with E-state index in [1.54, 1.807) is 0 Å². The van der Waals surface area contributed by atoms with Crippen LogP contribution in [0, 0.1) is 5.41 Å². The highest BCUT2D eigenvalue weighted by Gasteiger charge is 2.25. The number of nitrogens with zero attached hydrogens (tertiary/aromatic N) is 1. The third kappa shape index (κ3) is 4.42. The van der Waals surface area contributed by atoms with Gasteiger partial charge in [-0.15, -0.1) is 0 Å². The number of aromatic nitrogens is 1. The lowest BCUT2D eigenvalue weighted by Crippen LogP contribution is -2.40. The van der Waals surface area contributed by atoms with Gasteiger partial charge in [-0.1, -0.05) is 51.1 Å². The van der Waals surface area contributed by atoms with Crippen molar-refractivity contribution in [2.24, 2.45) is 5.41 Å². The molecule has 1 aromatic heterocycles. The van der Waals surface area contributed by atoms with E-state index in [2.05, 4.69) is 32.9 Å². The maximum Gasteiger partial charge on any atom is 0.372 e. The van der Waals surface area contributed by atoms with Crippen molar-refractivity contribution in [3.05, 3.63) is 54.9 Å². The average molecular weight is 298 g/mol. The van der Waals surface area contributed by atoms with Gasteiger partial charge in [0.05, 0.1) is 0 Å². The van der Waals surface area contributed by atoms with Gasteiger partial charge >= 0.3 is 5.97 Å². The Labute approximate surface area is 132 Å². The van der Waals surface area contributed by atoms with Crippen LogP contribution in [0.4, 0.5) is 0 Å². The van der Waals surface area contributed by atoms with Crippen LogP contribution >= 0.6 is 0 Å². The van der Waals surface area contributed by atoms with Gasteiger partial charge in [-0.05, 0) is 24.0 Å². The second kappa shape index (κ2) is 6.73. The molecule has 1 atom stereocenters. The lowest BCUT2D eigenvalue weighted by molar-refractivity contribution is -0.685. The molecule has 2 rings (SSSR count). The first-order valence-corrected chi connectivity index (χ1v) is 7.60. The zero-order chi connectivity index (χ0) is 16.2. The molecule has 0 saturated carbocycles. The second-order valence-electron chi connectivity index (χ2n) is 6.63. The first-order valence-electron chi connectivity index (χ1n) is 7.60. The summed E-state index contributed by atoms with van der Waals surface area (Å²) in [6.07, 6.45) is 3.74. The van der Waals surface area contributed by atoms with Crippen LogP contribution < -0.4 is 4.57 Å². The molecular formula is C19H24NO2+. The van der Waals surface area contributed by atoms with E-state index in [-0.39, 0.29) is 24.0 Å². The lowest BCUT2D eigenvalue weighted by Gasteiger charge is -2.26. The van der Waals surface area contributed by atoms with Crippen molar-refractivity contribution < 1.29 is 14.1 Å². The van der Waals surface area contributed by atoms with Gasteiger partial charge in [0.2, 0.25) is 6.54 Å². The highest BCUT2D eigenvalue weighted by atomic mass is 16.5. The predicted octanol–water partition coefficient (Wildman–Crippen LogP) is 3.62. The average Bonchev–Trinajstić information content (AvgIpc) is 2.47. The van der Waals surface area contributed by atoms with E-state index in [0.717, 1.165) is 11.1 Å². The van der Waals surface area contributed by atoms with Gasteiger partial charge in [0.15, 0.2) is 12.4 Å². The number of hydrogen-bond acceptors (Lipinski definition) is 2. The van der Waals surface area contributed by atoms with Crippen LogP contribution in [-0.2, 0) is 16.1 Å². The minimum absolute atomic E-state index is 0.0494. The number of pyridine rings is 1. The molecule has 3 heteroatoms. The predicted molar refractivity (Wildman–Crippen MR) is 87.1 cm³/mol. The standard InChI is InChI=1S/C19H24NO2/c1-15(19(2,3)4)22-18(21)14-20-12-8-11-17(13-20)16-9-6-5-7-10-16/h5-13,15H,14H2,1-4H3/q+1/t15-/m1/s1. The van der Waals surface area contributed by atoms with Crippen molar-refractivity contribution in [2.45, 2.75) is 40.3 Å². The Morgan fingerprint density at radius 1 is 1.09 bits per heavy atom. The van der Waals surface area contributed by atoms with Gasteiger partial charge in [0.25, 0.3) is 0 Å². The molecule has 116 valence electrons. The van der Waals surface area contributed by atoms with Gasteiger partial charge < -0.3 is 4.74 Å². The summed E-state index contributed by atoms with van der Waals surface area (Å²) >= 11 is 0. The third-order valence-corrected chi connectivity index (χ3v) is 3.80. The summed E-state index contributed by atoms with van der Waals surface area (Å²) in [5.41, 5.74) is 2.17. The van der Waals surface area contributed by atoms with Crippen LogP contribution in [0.15, 0.2) is 54.9 Å². The molecule has 3 nitrogen and oxygen atoms in total. The number of carbonyl (C=O) groups is 1. The van der Waals surface area contributed by atoms with E-state index in [9.17, 15) is 4.79 Å². The molecule has 0 spiro atoms. The molecule has 0 radical (unpaired) electrons. The number of benzene rings is 1. The maximum absolute atomic E-state index is 12.1. The molecular weight excluding hydrogens is 274 g/mol. The SMILES string of the molecule is C[C@@H](OC(=O)C[n+]1cccc(-c2ccccc2)c1)C(C)(C)C. The second-order valence-corrected chi connectivity index (χ2v) is 6.63. The zero-order valence-electron chi connectivity index (χ0n) is 13.7. The maximum atomic E-state index is 12.1. The van der Waals surface area contributed by atoms with Crippen LogP contribution in [0.2, 0.25) is 0 Å². The molecule has 0 bridgehead atoms. The number of ether oxygens (including phenoxy) is 1. The number of carbonyl (C=O) groups excluding carboxylic acids is 1. The summed E-state index contributed by atoms with van der Waals surface area (Å²) in [4.78, 5) is 12.1. The summed E-state index contributed by atoms with van der Waals surface area (Å²) in [5.74, 6) is -0.211. The molecule has 22 heavy (non-hydrogen) atoms. The molecule has 0 aliphatic carbocycles. The van der Waals surface area contributed by atoms with Gasteiger partial charge in [-0.25, -0.2) is 4.79 Å². The Balaban J connectivity index is 2.06. The highest BCUT2D eigenvalue weighted by Crippen LogP contribution is 2.21. The van der Waals surface area contributed by atoms with Crippen molar-refractivity contribution in [3.8, 4) is 11.1 Å². The molecule has 0 aliphatic heterocycles. The number of hydrogen-bond donors (Lipinski definition) is 0. The first-order chi connectivity index (χ1) is 10.4. The van der Waals surface area contributed by atoms with Crippen molar-refractivity contribution in [2.75, 3.05) is 0 Å². The molecule has 1 aromatic carbocycles. The van der Waals surface area contributed by atoms with Crippen molar-refractivity contribution in [1.82, 2.24) is 0 Å². The lowest BCUT2D eigenvalue weighted by atomic mass is 9.90. The largest absolute Gasteiger partial charge is 0.457 e. The number of rotatable bonds is 4. The minimum Gasteiger partial charge on any atom is -0.457 e. The Kier molecular flexibility index (Phi) is 4.96. The minimum atomic E-state index is -0.211. The summed E-state index contributed by atoms with van der Waals surface area (Å²) in [6.45, 7) is 8.35. The van der Waals surface area contributed by atoms with Gasteiger partial charge in [-0.2, -0.15) is 4.57 Å². The summed E-state index contributed by atoms with van der Waals surface area (Å²) in [5, 5.41) is 0. The van der Waals surface area contributed by atoms with Crippen LogP contribution in [-0.4, -0.2) is 12.1 Å². The summed E-state index contributed by atoms with van der Waals surface area (Å²) in [6, 6.07) is 14.1. The Morgan fingerprint density at radius 3 is 2.36 bits per heavy atom. The molecule has 0 N–H and O–H groups in total. The van der Waals surface area contributed by atoms with Crippen molar-refractivity contribution in [1.29, 1.82) is 0 Å². The fourth-order valence-corrected chi connectivity index (χ4v) is 1.98. The Hall–Kier alpha value is -2.16. The van der Waals surface area contributed by atoms with Crippen LogP contribution in [0.3, 0.4) is 0 Å². The molecule has 2 aromatic rings. The first kappa shape index (κ1) is 16.2. The van der Waals surface area contributed by atoms with E-state index >= 15 is 0 Å². The van der Waals surface area contributed by atoms with Crippen molar-refractivity contribution >= 4 is 5.97 Å². The van der Waals surface area contributed by atoms with E-state index in [4.69, 9.17) is 4.74 Å². The summed E-state index contributed by atoms with van der Waals surface area (Å²) < 4.78 is 7.37. The molecule has 0 amide bonds. The van der Waals surface area contributed by atoms with Gasteiger partial charge in [0.1, 0.15) is 6.10 Å². The Bertz CT molecular complexity index is 629.